The van der Waals surface area contributed by atoms with Crippen molar-refractivity contribution in [1.29, 1.82) is 0 Å². The third-order valence-electron chi connectivity index (χ3n) is 6.59. The van der Waals surface area contributed by atoms with Gasteiger partial charge in [-0.05, 0) is 49.2 Å². The van der Waals surface area contributed by atoms with Crippen LogP contribution in [0.3, 0.4) is 0 Å². The maximum Gasteiger partial charge on any atom is 0.337 e. The van der Waals surface area contributed by atoms with Crippen molar-refractivity contribution in [3.8, 4) is 17.2 Å². The zero-order valence-electron chi connectivity index (χ0n) is 19.6. The van der Waals surface area contributed by atoms with Crippen LogP contribution >= 0.6 is 0 Å². The normalized spacial score (nSPS) is 13.9. The minimum atomic E-state index is -0.453. The predicted octanol–water partition coefficient (Wildman–Crippen LogP) is 3.36. The number of benzene rings is 2. The first kappa shape index (κ1) is 22.6. The molecule has 0 amide bonds. The molecule has 0 radical (unpaired) electrons. The van der Waals surface area contributed by atoms with Crippen LogP contribution in [0.1, 0.15) is 42.1 Å². The largest absolute Gasteiger partial charge is 0.497 e. The van der Waals surface area contributed by atoms with Gasteiger partial charge in [0.25, 0.3) is 5.56 Å². The van der Waals surface area contributed by atoms with Crippen LogP contribution in [-0.2, 0) is 6.54 Å². The summed E-state index contributed by atoms with van der Waals surface area (Å²) in [5, 5.41) is 0. The maximum absolute atomic E-state index is 13.7. The Morgan fingerprint density at radius 2 is 1.71 bits per heavy atom. The molecule has 180 valence electrons. The molecule has 0 spiro atoms. The van der Waals surface area contributed by atoms with E-state index in [1.807, 2.05) is 6.07 Å². The lowest BCUT2D eigenvalue weighted by Crippen LogP contribution is -2.42. The van der Waals surface area contributed by atoms with Gasteiger partial charge in [-0.1, -0.05) is 25.0 Å². The first-order chi connectivity index (χ1) is 17.0. The van der Waals surface area contributed by atoms with Crippen molar-refractivity contribution in [2.45, 2.75) is 38.3 Å². The highest BCUT2D eigenvalue weighted by Crippen LogP contribution is 2.29. The van der Waals surface area contributed by atoms with Gasteiger partial charge in [-0.3, -0.25) is 14.2 Å². The fraction of sp³-hybridized carbons (Fsp3) is 0.308. The van der Waals surface area contributed by atoms with Crippen molar-refractivity contribution < 1.29 is 14.3 Å². The molecule has 0 bridgehead atoms. The number of nitrogens with zero attached hydrogens (tertiary/aromatic N) is 4. The predicted molar refractivity (Wildman–Crippen MR) is 131 cm³/mol. The second-order valence-electron chi connectivity index (χ2n) is 8.60. The summed E-state index contributed by atoms with van der Waals surface area (Å²) in [7, 11) is 3.09. The summed E-state index contributed by atoms with van der Waals surface area (Å²) in [6.45, 7) is -0.0904. The fourth-order valence-corrected chi connectivity index (χ4v) is 4.81. The van der Waals surface area contributed by atoms with E-state index >= 15 is 0 Å². The smallest absolute Gasteiger partial charge is 0.337 e. The van der Waals surface area contributed by atoms with Crippen LogP contribution in [0.15, 0.2) is 64.4 Å². The molecule has 2 aromatic heterocycles. The van der Waals surface area contributed by atoms with E-state index in [1.165, 1.54) is 27.1 Å². The van der Waals surface area contributed by atoms with E-state index in [9.17, 15) is 14.4 Å². The minimum absolute atomic E-state index is 0.0904. The third kappa shape index (κ3) is 3.92. The summed E-state index contributed by atoms with van der Waals surface area (Å²) in [4.78, 5) is 44.9. The van der Waals surface area contributed by atoms with Gasteiger partial charge in [0.15, 0.2) is 16.9 Å². The Hall–Kier alpha value is -4.14. The number of methoxy groups -OCH3 is 2. The van der Waals surface area contributed by atoms with Crippen LogP contribution in [-0.4, -0.2) is 38.7 Å². The van der Waals surface area contributed by atoms with Crippen LogP contribution < -0.4 is 20.7 Å². The number of hydrogen-bond acceptors (Lipinski definition) is 6. The highest BCUT2D eigenvalue weighted by molar-refractivity contribution is 5.96. The van der Waals surface area contributed by atoms with E-state index in [1.54, 1.807) is 49.6 Å². The molecule has 0 unspecified atom stereocenters. The molecule has 35 heavy (non-hydrogen) atoms. The lowest BCUT2D eigenvalue weighted by atomic mass is 10.1. The van der Waals surface area contributed by atoms with E-state index in [0.717, 1.165) is 25.7 Å². The first-order valence-electron chi connectivity index (χ1n) is 11.6. The Labute approximate surface area is 201 Å². The minimum Gasteiger partial charge on any atom is -0.497 e. The molecular formula is C26H26N4O5. The topological polar surface area (TPSA) is 97.4 Å². The Kier molecular flexibility index (Phi) is 5.98. The molecular weight excluding hydrogens is 448 g/mol. The highest BCUT2D eigenvalue weighted by Gasteiger charge is 2.27. The molecule has 1 saturated carbocycles. The number of aromatic nitrogens is 4. The van der Waals surface area contributed by atoms with Crippen LogP contribution in [0.25, 0.3) is 16.9 Å². The average molecular weight is 475 g/mol. The van der Waals surface area contributed by atoms with Crippen LogP contribution in [0.4, 0.5) is 0 Å². The summed E-state index contributed by atoms with van der Waals surface area (Å²) >= 11 is 0. The van der Waals surface area contributed by atoms with Gasteiger partial charge < -0.3 is 14.0 Å². The number of carbonyl (C=O) groups excluding carboxylic acids is 1. The number of rotatable bonds is 7. The Bertz CT molecular complexity index is 1510. The zero-order chi connectivity index (χ0) is 24.5. The second-order valence-corrected chi connectivity index (χ2v) is 8.60. The monoisotopic (exact) mass is 474 g/mol. The van der Waals surface area contributed by atoms with Crippen LogP contribution in [0.2, 0.25) is 0 Å². The van der Waals surface area contributed by atoms with Crippen molar-refractivity contribution in [1.82, 2.24) is 18.7 Å². The summed E-state index contributed by atoms with van der Waals surface area (Å²) in [6, 6.07) is 13.7. The quantitative estimate of drug-likeness (QED) is 0.381. The summed E-state index contributed by atoms with van der Waals surface area (Å²) < 4.78 is 14.9. The summed E-state index contributed by atoms with van der Waals surface area (Å²) in [5.74, 6) is 0.945. The van der Waals surface area contributed by atoms with Crippen molar-refractivity contribution >= 4 is 16.9 Å². The van der Waals surface area contributed by atoms with Gasteiger partial charge in [-0.15, -0.1) is 0 Å². The van der Waals surface area contributed by atoms with E-state index < -0.39 is 11.2 Å². The Balaban J connectivity index is 1.70. The summed E-state index contributed by atoms with van der Waals surface area (Å²) in [6.07, 6.45) is 4.87. The summed E-state index contributed by atoms with van der Waals surface area (Å²) in [5.41, 5.74) is 0.504. The van der Waals surface area contributed by atoms with E-state index in [2.05, 4.69) is 4.98 Å². The molecule has 1 aliphatic carbocycles. The van der Waals surface area contributed by atoms with Crippen LogP contribution in [0.5, 0.6) is 11.5 Å². The zero-order valence-corrected chi connectivity index (χ0v) is 19.6. The molecule has 0 N–H and O–H groups in total. The maximum atomic E-state index is 13.7. The molecule has 2 heterocycles. The lowest BCUT2D eigenvalue weighted by molar-refractivity contribution is 0.0973. The van der Waals surface area contributed by atoms with Crippen molar-refractivity contribution in [3.05, 3.63) is 81.3 Å². The Morgan fingerprint density at radius 1 is 1.00 bits per heavy atom. The number of hydrogen-bond donors (Lipinski definition) is 0. The van der Waals surface area contributed by atoms with Gasteiger partial charge in [0, 0.05) is 11.6 Å². The van der Waals surface area contributed by atoms with Gasteiger partial charge in [0.1, 0.15) is 11.5 Å². The van der Waals surface area contributed by atoms with Crippen molar-refractivity contribution in [2.75, 3.05) is 14.2 Å². The number of fused-ring (bicyclic) bond motifs is 1. The first-order valence-corrected chi connectivity index (χ1v) is 11.6. The molecule has 2 aromatic carbocycles. The van der Waals surface area contributed by atoms with Crippen molar-refractivity contribution in [2.24, 2.45) is 0 Å². The number of carbonyl (C=O) groups is 1. The molecule has 0 saturated heterocycles. The van der Waals surface area contributed by atoms with Crippen LogP contribution in [0, 0.1) is 0 Å². The average Bonchev–Trinajstić information content (AvgIpc) is 3.55. The SMILES string of the molecule is COc1ccc(C(=O)Cn2cnc3c2c(=O)n(C2CCCC2)c(=O)n3-c2ccccc2OC)cc1. The van der Waals surface area contributed by atoms with Gasteiger partial charge in [-0.25, -0.2) is 14.3 Å². The van der Waals surface area contributed by atoms with E-state index in [-0.39, 0.29) is 29.5 Å². The fourth-order valence-electron chi connectivity index (χ4n) is 4.81. The van der Waals surface area contributed by atoms with Gasteiger partial charge in [0.2, 0.25) is 0 Å². The van der Waals surface area contributed by atoms with E-state index in [0.29, 0.717) is 22.7 Å². The molecule has 1 aliphatic rings. The number of para-hydroxylation sites is 2. The molecule has 4 aromatic rings. The molecule has 0 aliphatic heterocycles. The highest BCUT2D eigenvalue weighted by atomic mass is 16.5. The molecule has 0 atom stereocenters. The number of ketones is 1. The van der Waals surface area contributed by atoms with Crippen molar-refractivity contribution in [3.63, 3.8) is 0 Å². The van der Waals surface area contributed by atoms with Gasteiger partial charge >= 0.3 is 5.69 Å². The Morgan fingerprint density at radius 3 is 2.40 bits per heavy atom. The molecule has 9 nitrogen and oxygen atoms in total. The number of ether oxygens (including phenoxy) is 2. The third-order valence-corrected chi connectivity index (χ3v) is 6.59. The lowest BCUT2D eigenvalue weighted by Gasteiger charge is -2.18. The molecule has 5 rings (SSSR count). The van der Waals surface area contributed by atoms with Gasteiger partial charge in [0.05, 0.1) is 32.8 Å². The van der Waals surface area contributed by atoms with E-state index in [4.69, 9.17) is 9.47 Å². The standard InChI is InChI=1S/C26H26N4O5/c1-34-19-13-11-17(12-14-19)21(31)15-28-16-27-24-23(28)25(32)29(18-7-3-4-8-18)26(33)30(24)20-9-5-6-10-22(20)35-2/h5-6,9-14,16,18H,3-4,7-8,15H2,1-2H3. The second kappa shape index (κ2) is 9.25. The van der Waals surface area contributed by atoms with Gasteiger partial charge in [-0.2, -0.15) is 0 Å². The molecule has 1 fully saturated rings. The number of imidazole rings is 1. The number of Topliss-reactive ketones (excluding diaryl/α,β-unsaturated/α-hetero) is 1. The molecule has 9 heteroatoms.